The van der Waals surface area contributed by atoms with Crippen LogP contribution in [0.2, 0.25) is 0 Å². The Morgan fingerprint density at radius 1 is 1.12 bits per heavy atom. The van der Waals surface area contributed by atoms with E-state index in [1.54, 1.807) is 13.4 Å². The molecule has 166 valence electrons. The first-order valence-corrected chi connectivity index (χ1v) is 11.2. The number of aryl methyl sites for hydroxylation is 1. The van der Waals surface area contributed by atoms with E-state index in [0.29, 0.717) is 11.9 Å². The molecule has 0 amide bonds. The predicted octanol–water partition coefficient (Wildman–Crippen LogP) is 2.98. The zero-order valence-electron chi connectivity index (χ0n) is 18.6. The fourth-order valence-electron chi connectivity index (χ4n) is 4.58. The standard InChI is InChI=1S/C24H29N7O/c1-16-11-19(13-27-24(16)32-2)31-10-6-21-20(14-31)23(29-15-28-21)17-3-9-26-22(12-17)30-18-4-7-25-8-5-18/h3,9,11-13,15,18,25H,4-8,10,14H2,1-2H3,(H,26,30). The van der Waals surface area contributed by atoms with Crippen LogP contribution in [-0.4, -0.2) is 52.7 Å². The second kappa shape index (κ2) is 9.08. The number of methoxy groups -OCH3 is 1. The highest BCUT2D eigenvalue weighted by atomic mass is 16.5. The summed E-state index contributed by atoms with van der Waals surface area (Å²) in [5, 5.41) is 7.00. The summed E-state index contributed by atoms with van der Waals surface area (Å²) in [5.74, 6) is 1.57. The number of aromatic nitrogens is 4. The topological polar surface area (TPSA) is 88.1 Å². The highest BCUT2D eigenvalue weighted by Crippen LogP contribution is 2.31. The third-order valence-electron chi connectivity index (χ3n) is 6.30. The molecule has 3 aromatic heterocycles. The molecule has 0 bridgehead atoms. The monoisotopic (exact) mass is 431 g/mol. The molecule has 8 nitrogen and oxygen atoms in total. The van der Waals surface area contributed by atoms with E-state index >= 15 is 0 Å². The van der Waals surface area contributed by atoms with Crippen molar-refractivity contribution in [3.63, 3.8) is 0 Å². The third kappa shape index (κ3) is 4.23. The first-order chi connectivity index (χ1) is 15.7. The Balaban J connectivity index is 1.42. The summed E-state index contributed by atoms with van der Waals surface area (Å²) in [7, 11) is 1.65. The van der Waals surface area contributed by atoms with E-state index in [1.807, 2.05) is 25.4 Å². The maximum atomic E-state index is 5.32. The summed E-state index contributed by atoms with van der Waals surface area (Å²) >= 11 is 0. The van der Waals surface area contributed by atoms with Crippen molar-refractivity contribution >= 4 is 11.5 Å². The molecular weight excluding hydrogens is 402 g/mol. The zero-order valence-corrected chi connectivity index (χ0v) is 18.6. The predicted molar refractivity (Wildman–Crippen MR) is 125 cm³/mol. The van der Waals surface area contributed by atoms with Crippen LogP contribution in [0.15, 0.2) is 36.9 Å². The first-order valence-electron chi connectivity index (χ1n) is 11.2. The van der Waals surface area contributed by atoms with E-state index in [2.05, 4.69) is 47.6 Å². The lowest BCUT2D eigenvalue weighted by Gasteiger charge is -2.31. The highest BCUT2D eigenvalue weighted by molar-refractivity contribution is 5.68. The van der Waals surface area contributed by atoms with Gasteiger partial charge in [-0.1, -0.05) is 0 Å². The molecule has 0 saturated carbocycles. The molecule has 5 rings (SSSR count). The van der Waals surface area contributed by atoms with Gasteiger partial charge in [0.15, 0.2) is 0 Å². The van der Waals surface area contributed by atoms with Crippen LogP contribution >= 0.6 is 0 Å². The highest BCUT2D eigenvalue weighted by Gasteiger charge is 2.23. The third-order valence-corrected chi connectivity index (χ3v) is 6.30. The average Bonchev–Trinajstić information content (AvgIpc) is 2.84. The molecule has 0 unspecified atom stereocenters. The summed E-state index contributed by atoms with van der Waals surface area (Å²) in [6.45, 7) is 5.77. The summed E-state index contributed by atoms with van der Waals surface area (Å²) in [6.07, 6.45) is 8.53. The Labute approximate surface area is 188 Å². The number of nitrogens with zero attached hydrogens (tertiary/aromatic N) is 5. The minimum Gasteiger partial charge on any atom is -0.481 e. The summed E-state index contributed by atoms with van der Waals surface area (Å²) in [4.78, 5) is 20.6. The minimum atomic E-state index is 0.458. The molecule has 2 aliphatic heterocycles. The van der Waals surface area contributed by atoms with Crippen molar-refractivity contribution in [2.75, 3.05) is 37.0 Å². The van der Waals surface area contributed by atoms with Gasteiger partial charge in [-0.05, 0) is 51.1 Å². The number of piperidine rings is 1. The van der Waals surface area contributed by atoms with Crippen molar-refractivity contribution in [3.05, 3.63) is 53.7 Å². The zero-order chi connectivity index (χ0) is 21.9. The Hall–Kier alpha value is -3.26. The Morgan fingerprint density at radius 3 is 2.81 bits per heavy atom. The normalized spacial score (nSPS) is 16.5. The molecule has 0 atom stereocenters. The molecule has 0 radical (unpaired) electrons. The van der Waals surface area contributed by atoms with Gasteiger partial charge in [-0.2, -0.15) is 0 Å². The van der Waals surface area contributed by atoms with Crippen molar-refractivity contribution in [2.45, 2.75) is 38.8 Å². The van der Waals surface area contributed by atoms with Gasteiger partial charge in [-0.3, -0.25) is 0 Å². The number of nitrogens with one attached hydrogen (secondary N) is 2. The van der Waals surface area contributed by atoms with Gasteiger partial charge in [0, 0.05) is 48.4 Å². The molecule has 0 aromatic carbocycles. The van der Waals surface area contributed by atoms with Crippen molar-refractivity contribution in [2.24, 2.45) is 0 Å². The van der Waals surface area contributed by atoms with Crippen LogP contribution < -0.4 is 20.3 Å². The number of rotatable bonds is 5. The molecule has 32 heavy (non-hydrogen) atoms. The van der Waals surface area contributed by atoms with E-state index in [-0.39, 0.29) is 0 Å². The van der Waals surface area contributed by atoms with E-state index in [4.69, 9.17) is 4.74 Å². The largest absolute Gasteiger partial charge is 0.481 e. The summed E-state index contributed by atoms with van der Waals surface area (Å²) < 4.78 is 5.32. The summed E-state index contributed by atoms with van der Waals surface area (Å²) in [5.41, 5.74) is 6.46. The van der Waals surface area contributed by atoms with E-state index in [1.165, 1.54) is 5.56 Å². The Kier molecular flexibility index (Phi) is 5.85. The molecule has 8 heteroatoms. The van der Waals surface area contributed by atoms with Crippen LogP contribution in [0, 0.1) is 6.92 Å². The molecule has 0 spiro atoms. The number of hydrogen-bond donors (Lipinski definition) is 2. The van der Waals surface area contributed by atoms with Crippen LogP contribution in [0.4, 0.5) is 11.5 Å². The average molecular weight is 432 g/mol. The fourth-order valence-corrected chi connectivity index (χ4v) is 4.58. The summed E-state index contributed by atoms with van der Waals surface area (Å²) in [6, 6.07) is 6.74. The van der Waals surface area contributed by atoms with E-state index in [9.17, 15) is 0 Å². The van der Waals surface area contributed by atoms with Gasteiger partial charge in [-0.25, -0.2) is 19.9 Å². The first kappa shape index (κ1) is 20.6. The lowest BCUT2D eigenvalue weighted by Crippen LogP contribution is -2.35. The molecule has 1 fully saturated rings. The van der Waals surface area contributed by atoms with Crippen LogP contribution in [0.5, 0.6) is 5.88 Å². The number of fused-ring (bicyclic) bond motifs is 1. The van der Waals surface area contributed by atoms with Gasteiger partial charge >= 0.3 is 0 Å². The van der Waals surface area contributed by atoms with Gasteiger partial charge in [0.1, 0.15) is 12.1 Å². The maximum Gasteiger partial charge on any atom is 0.216 e. The van der Waals surface area contributed by atoms with Gasteiger partial charge < -0.3 is 20.3 Å². The molecule has 1 saturated heterocycles. The van der Waals surface area contributed by atoms with Gasteiger partial charge in [-0.15, -0.1) is 0 Å². The number of pyridine rings is 2. The Bertz CT molecular complexity index is 1100. The van der Waals surface area contributed by atoms with Crippen molar-refractivity contribution in [3.8, 4) is 17.1 Å². The SMILES string of the molecule is COc1ncc(N2CCc3ncnc(-c4ccnc(NC5CCNCC5)c4)c3C2)cc1C. The lowest BCUT2D eigenvalue weighted by atomic mass is 9.99. The molecule has 2 N–H and O–H groups in total. The van der Waals surface area contributed by atoms with Crippen molar-refractivity contribution in [1.82, 2.24) is 25.3 Å². The number of hydrogen-bond acceptors (Lipinski definition) is 8. The van der Waals surface area contributed by atoms with Crippen LogP contribution in [-0.2, 0) is 13.0 Å². The van der Waals surface area contributed by atoms with Gasteiger partial charge in [0.25, 0.3) is 0 Å². The second-order valence-corrected chi connectivity index (χ2v) is 8.44. The maximum absolute atomic E-state index is 5.32. The van der Waals surface area contributed by atoms with Crippen LogP contribution in [0.3, 0.4) is 0 Å². The molecule has 5 heterocycles. The number of anilines is 2. The molecular formula is C24H29N7O. The smallest absolute Gasteiger partial charge is 0.216 e. The van der Waals surface area contributed by atoms with Crippen LogP contribution in [0.1, 0.15) is 29.7 Å². The van der Waals surface area contributed by atoms with Crippen LogP contribution in [0.25, 0.3) is 11.3 Å². The van der Waals surface area contributed by atoms with E-state index < -0.39 is 0 Å². The quantitative estimate of drug-likeness (QED) is 0.638. The molecule has 3 aromatic rings. The van der Waals surface area contributed by atoms with Gasteiger partial charge in [0.2, 0.25) is 5.88 Å². The number of ether oxygens (including phenoxy) is 1. The van der Waals surface area contributed by atoms with Gasteiger partial charge in [0.05, 0.1) is 30.4 Å². The fraction of sp³-hybridized carbons (Fsp3) is 0.417. The molecule has 2 aliphatic rings. The van der Waals surface area contributed by atoms with Crippen molar-refractivity contribution < 1.29 is 4.74 Å². The minimum absolute atomic E-state index is 0.458. The lowest BCUT2D eigenvalue weighted by molar-refractivity contribution is 0.394. The van der Waals surface area contributed by atoms with E-state index in [0.717, 1.165) is 79.5 Å². The Morgan fingerprint density at radius 2 is 2.00 bits per heavy atom. The van der Waals surface area contributed by atoms with Crippen molar-refractivity contribution in [1.29, 1.82) is 0 Å². The second-order valence-electron chi connectivity index (χ2n) is 8.44. The molecule has 0 aliphatic carbocycles.